The first kappa shape index (κ1) is 15.2. The molecule has 19 heavy (non-hydrogen) atoms. The van der Waals surface area contributed by atoms with Crippen LogP contribution in [0, 0.1) is 0 Å². The van der Waals surface area contributed by atoms with E-state index in [1.807, 2.05) is 30.3 Å². The molecule has 1 amide bonds. The summed E-state index contributed by atoms with van der Waals surface area (Å²) < 4.78 is 4.63. The topological polar surface area (TPSA) is 55.8 Å². The van der Waals surface area contributed by atoms with Gasteiger partial charge in [0.2, 0.25) is 5.91 Å². The molecule has 0 heterocycles. The second kappa shape index (κ2) is 7.53. The second-order valence-electron chi connectivity index (χ2n) is 4.07. The Bertz CT molecular complexity index is 419. The molecule has 0 aliphatic heterocycles. The third kappa shape index (κ3) is 4.37. The number of nitrogens with zero attached hydrogens (tertiary/aromatic N) is 1. The van der Waals surface area contributed by atoms with Gasteiger partial charge in [-0.25, -0.2) is 5.06 Å². The first-order valence-corrected chi connectivity index (χ1v) is 6.05. The predicted molar refractivity (Wildman–Crippen MR) is 70.0 cm³/mol. The average molecular weight is 265 g/mol. The summed E-state index contributed by atoms with van der Waals surface area (Å²) in [5.74, 6) is -0.512. The monoisotopic (exact) mass is 265 g/mol. The Morgan fingerprint density at radius 2 is 1.84 bits per heavy atom. The quantitative estimate of drug-likeness (QED) is 0.584. The lowest BCUT2D eigenvalue weighted by molar-refractivity contribution is -0.188. The molecule has 0 saturated carbocycles. The highest BCUT2D eigenvalue weighted by Crippen LogP contribution is 2.26. The van der Waals surface area contributed by atoms with Gasteiger partial charge in [0.15, 0.2) is 0 Å². The molecule has 1 aromatic rings. The number of hydrogen-bond donors (Lipinski definition) is 0. The highest BCUT2D eigenvalue weighted by molar-refractivity contribution is 5.73. The molecule has 0 aliphatic rings. The number of benzene rings is 1. The van der Waals surface area contributed by atoms with Crippen LogP contribution in [-0.4, -0.2) is 31.2 Å². The maximum Gasteiger partial charge on any atom is 0.305 e. The third-order valence-electron chi connectivity index (χ3n) is 2.82. The highest BCUT2D eigenvalue weighted by atomic mass is 16.7. The van der Waals surface area contributed by atoms with E-state index in [1.165, 1.54) is 26.2 Å². The fourth-order valence-electron chi connectivity index (χ4n) is 1.93. The van der Waals surface area contributed by atoms with Crippen molar-refractivity contribution in [2.24, 2.45) is 0 Å². The van der Waals surface area contributed by atoms with Crippen molar-refractivity contribution < 1.29 is 19.2 Å². The van der Waals surface area contributed by atoms with Crippen molar-refractivity contribution in [3.63, 3.8) is 0 Å². The van der Waals surface area contributed by atoms with Gasteiger partial charge in [-0.3, -0.25) is 14.4 Å². The number of rotatable bonds is 6. The van der Waals surface area contributed by atoms with Crippen LogP contribution in [0.5, 0.6) is 0 Å². The molecule has 0 spiro atoms. The van der Waals surface area contributed by atoms with E-state index in [2.05, 4.69) is 4.74 Å². The maximum absolute atomic E-state index is 11.6. The molecular weight excluding hydrogens is 246 g/mol. The second-order valence-corrected chi connectivity index (χ2v) is 4.07. The number of ether oxygens (including phenoxy) is 1. The zero-order valence-corrected chi connectivity index (χ0v) is 11.5. The smallest absolute Gasteiger partial charge is 0.305 e. The number of hydroxylamine groups is 2. The summed E-state index contributed by atoms with van der Waals surface area (Å²) in [4.78, 5) is 28.0. The van der Waals surface area contributed by atoms with Crippen LogP contribution in [-0.2, 0) is 19.2 Å². The van der Waals surface area contributed by atoms with Crippen LogP contribution in [0.2, 0.25) is 0 Å². The molecule has 5 heteroatoms. The largest absolute Gasteiger partial charge is 0.469 e. The summed E-state index contributed by atoms with van der Waals surface area (Å²) in [6, 6.07) is 9.16. The molecule has 0 radical (unpaired) electrons. The molecule has 1 unspecified atom stereocenters. The van der Waals surface area contributed by atoms with Crippen molar-refractivity contribution in [1.82, 2.24) is 5.06 Å². The van der Waals surface area contributed by atoms with Crippen molar-refractivity contribution in [2.75, 3.05) is 14.2 Å². The standard InChI is InChI=1S/C14H19NO4/c1-11(16)15(19-3)13(9-10-14(17)18-2)12-7-5-4-6-8-12/h4-8,13H,9-10H2,1-3H3. The molecule has 5 nitrogen and oxygen atoms in total. The fraction of sp³-hybridized carbons (Fsp3) is 0.429. The Morgan fingerprint density at radius 3 is 2.32 bits per heavy atom. The van der Waals surface area contributed by atoms with E-state index >= 15 is 0 Å². The number of carbonyl (C=O) groups excluding carboxylic acids is 2. The van der Waals surface area contributed by atoms with Gasteiger partial charge in [-0.05, 0) is 12.0 Å². The fourth-order valence-corrected chi connectivity index (χ4v) is 1.93. The van der Waals surface area contributed by atoms with Crippen LogP contribution >= 0.6 is 0 Å². The van der Waals surface area contributed by atoms with Crippen LogP contribution in [0.15, 0.2) is 30.3 Å². The van der Waals surface area contributed by atoms with E-state index in [4.69, 9.17) is 4.84 Å². The SMILES string of the molecule is COC(=O)CCC(c1ccccc1)N(OC)C(C)=O. The van der Waals surface area contributed by atoms with Crippen LogP contribution in [0.25, 0.3) is 0 Å². The molecule has 0 saturated heterocycles. The lowest BCUT2D eigenvalue weighted by atomic mass is 10.0. The molecule has 0 N–H and O–H groups in total. The van der Waals surface area contributed by atoms with E-state index < -0.39 is 0 Å². The summed E-state index contributed by atoms with van der Waals surface area (Å²) in [6.45, 7) is 1.43. The van der Waals surface area contributed by atoms with Crippen molar-refractivity contribution >= 4 is 11.9 Å². The molecule has 0 aliphatic carbocycles. The molecule has 1 aromatic carbocycles. The highest BCUT2D eigenvalue weighted by Gasteiger charge is 2.23. The molecule has 0 bridgehead atoms. The summed E-state index contributed by atoms with van der Waals surface area (Å²) in [7, 11) is 2.79. The molecule has 1 atom stereocenters. The van der Waals surface area contributed by atoms with Crippen LogP contribution in [0.3, 0.4) is 0 Å². The van der Waals surface area contributed by atoms with Gasteiger partial charge in [0, 0.05) is 13.3 Å². The van der Waals surface area contributed by atoms with Crippen LogP contribution in [0.1, 0.15) is 31.4 Å². The summed E-state index contributed by atoms with van der Waals surface area (Å²) >= 11 is 0. The van der Waals surface area contributed by atoms with E-state index in [9.17, 15) is 9.59 Å². The summed E-state index contributed by atoms with van der Waals surface area (Å²) in [5.41, 5.74) is 0.920. The Balaban J connectivity index is 2.90. The molecular formula is C14H19NO4. The van der Waals surface area contributed by atoms with Gasteiger partial charge in [-0.2, -0.15) is 0 Å². The zero-order chi connectivity index (χ0) is 14.3. The number of methoxy groups -OCH3 is 1. The average Bonchev–Trinajstić information content (AvgIpc) is 2.43. The van der Waals surface area contributed by atoms with Gasteiger partial charge in [-0.1, -0.05) is 30.3 Å². The van der Waals surface area contributed by atoms with Crippen molar-refractivity contribution in [3.8, 4) is 0 Å². The predicted octanol–water partition coefficient (Wildman–Crippen LogP) is 2.09. The van der Waals surface area contributed by atoms with Gasteiger partial charge < -0.3 is 4.74 Å². The molecule has 104 valence electrons. The summed E-state index contributed by atoms with van der Waals surface area (Å²) in [5, 5.41) is 1.28. The van der Waals surface area contributed by atoms with Gasteiger partial charge in [0.25, 0.3) is 0 Å². The van der Waals surface area contributed by atoms with E-state index in [0.29, 0.717) is 6.42 Å². The number of amides is 1. The summed E-state index contributed by atoms with van der Waals surface area (Å²) in [6.07, 6.45) is 0.674. The first-order valence-electron chi connectivity index (χ1n) is 6.05. The van der Waals surface area contributed by atoms with Crippen molar-refractivity contribution in [1.29, 1.82) is 0 Å². The Kier molecular flexibility index (Phi) is 6.02. The zero-order valence-electron chi connectivity index (χ0n) is 11.5. The molecule has 0 aromatic heterocycles. The first-order chi connectivity index (χ1) is 9.10. The lowest BCUT2D eigenvalue weighted by Gasteiger charge is -2.28. The van der Waals surface area contributed by atoms with Crippen LogP contribution < -0.4 is 0 Å². The Hall–Kier alpha value is -1.88. The van der Waals surface area contributed by atoms with Crippen molar-refractivity contribution in [2.45, 2.75) is 25.8 Å². The van der Waals surface area contributed by atoms with Gasteiger partial charge in [-0.15, -0.1) is 0 Å². The minimum Gasteiger partial charge on any atom is -0.469 e. The third-order valence-corrected chi connectivity index (χ3v) is 2.82. The normalized spacial score (nSPS) is 11.7. The minimum atomic E-state index is -0.305. The van der Waals surface area contributed by atoms with Crippen LogP contribution in [0.4, 0.5) is 0 Å². The Morgan fingerprint density at radius 1 is 1.21 bits per heavy atom. The van der Waals surface area contributed by atoms with Gasteiger partial charge >= 0.3 is 5.97 Å². The minimum absolute atomic E-state index is 0.207. The lowest BCUT2D eigenvalue weighted by Crippen LogP contribution is -2.32. The van der Waals surface area contributed by atoms with E-state index in [0.717, 1.165) is 5.56 Å². The van der Waals surface area contributed by atoms with Gasteiger partial charge in [0.1, 0.15) is 0 Å². The number of hydrogen-bond acceptors (Lipinski definition) is 4. The molecule has 1 rings (SSSR count). The molecule has 0 fully saturated rings. The van der Waals surface area contributed by atoms with E-state index in [-0.39, 0.29) is 24.3 Å². The van der Waals surface area contributed by atoms with Gasteiger partial charge in [0.05, 0.1) is 20.3 Å². The number of carbonyl (C=O) groups is 2. The maximum atomic E-state index is 11.6. The Labute approximate surface area is 113 Å². The van der Waals surface area contributed by atoms with Crippen molar-refractivity contribution in [3.05, 3.63) is 35.9 Å². The number of esters is 1. The van der Waals surface area contributed by atoms with E-state index in [1.54, 1.807) is 0 Å².